The second-order valence-corrected chi connectivity index (χ2v) is 5.57. The van der Waals surface area contributed by atoms with Crippen molar-refractivity contribution in [2.45, 2.75) is 45.1 Å². The SMILES string of the molecule is CCNC(Cc1ccc(Cl)c(F)c1)C1CCCC1. The lowest BCUT2D eigenvalue weighted by Gasteiger charge is -2.24. The monoisotopic (exact) mass is 269 g/mol. The third-order valence-corrected chi connectivity index (χ3v) is 4.18. The molecule has 1 aliphatic carbocycles. The van der Waals surface area contributed by atoms with Crippen LogP contribution in [0.1, 0.15) is 38.2 Å². The summed E-state index contributed by atoms with van der Waals surface area (Å²) in [6, 6.07) is 5.63. The third-order valence-electron chi connectivity index (χ3n) is 3.87. The fraction of sp³-hybridized carbons (Fsp3) is 0.600. The van der Waals surface area contributed by atoms with Crippen LogP contribution in [0.3, 0.4) is 0 Å². The Morgan fingerprint density at radius 3 is 2.72 bits per heavy atom. The number of nitrogens with one attached hydrogen (secondary N) is 1. The van der Waals surface area contributed by atoms with Crippen molar-refractivity contribution in [3.05, 3.63) is 34.6 Å². The Hall–Kier alpha value is -0.600. The molecule has 3 heteroatoms. The van der Waals surface area contributed by atoms with Crippen LogP contribution in [0.15, 0.2) is 18.2 Å². The van der Waals surface area contributed by atoms with Crippen LogP contribution in [0.5, 0.6) is 0 Å². The van der Waals surface area contributed by atoms with Gasteiger partial charge in [0.1, 0.15) is 5.82 Å². The maximum Gasteiger partial charge on any atom is 0.142 e. The summed E-state index contributed by atoms with van der Waals surface area (Å²) in [4.78, 5) is 0. The minimum atomic E-state index is -0.309. The van der Waals surface area contributed by atoms with Crippen molar-refractivity contribution >= 4 is 11.6 Å². The van der Waals surface area contributed by atoms with Gasteiger partial charge in [-0.15, -0.1) is 0 Å². The van der Waals surface area contributed by atoms with E-state index in [0.29, 0.717) is 6.04 Å². The van der Waals surface area contributed by atoms with Gasteiger partial charge in [-0.1, -0.05) is 37.4 Å². The molecule has 1 unspecified atom stereocenters. The molecule has 1 nitrogen and oxygen atoms in total. The number of hydrogen-bond acceptors (Lipinski definition) is 1. The van der Waals surface area contributed by atoms with Crippen LogP contribution in [0.2, 0.25) is 5.02 Å². The fourth-order valence-electron chi connectivity index (χ4n) is 2.95. The predicted octanol–water partition coefficient (Wildman–Crippen LogP) is 4.19. The largest absolute Gasteiger partial charge is 0.314 e. The lowest BCUT2D eigenvalue weighted by molar-refractivity contribution is 0.362. The maximum absolute atomic E-state index is 13.4. The number of likely N-dealkylation sites (N-methyl/N-ethyl adjacent to an activating group) is 1. The first-order valence-corrected chi connectivity index (χ1v) is 7.25. The number of halogens is 2. The van der Waals surface area contributed by atoms with Crippen LogP contribution in [0.25, 0.3) is 0 Å². The zero-order valence-electron chi connectivity index (χ0n) is 10.9. The van der Waals surface area contributed by atoms with Crippen molar-refractivity contribution in [1.29, 1.82) is 0 Å². The molecule has 0 saturated heterocycles. The van der Waals surface area contributed by atoms with Crippen molar-refractivity contribution in [3.63, 3.8) is 0 Å². The zero-order valence-corrected chi connectivity index (χ0v) is 11.6. The normalized spacial score (nSPS) is 18.2. The molecule has 1 fully saturated rings. The summed E-state index contributed by atoms with van der Waals surface area (Å²) in [7, 11) is 0. The molecule has 0 heterocycles. The average molecular weight is 270 g/mol. The van der Waals surface area contributed by atoms with E-state index in [-0.39, 0.29) is 10.8 Å². The van der Waals surface area contributed by atoms with Crippen molar-refractivity contribution in [1.82, 2.24) is 5.32 Å². The predicted molar refractivity (Wildman–Crippen MR) is 74.5 cm³/mol. The van der Waals surface area contributed by atoms with E-state index in [2.05, 4.69) is 12.2 Å². The van der Waals surface area contributed by atoms with Crippen molar-refractivity contribution in [2.75, 3.05) is 6.54 Å². The molecule has 1 aromatic carbocycles. The van der Waals surface area contributed by atoms with Gasteiger partial charge in [0.2, 0.25) is 0 Å². The van der Waals surface area contributed by atoms with Gasteiger partial charge in [-0.05, 0) is 49.4 Å². The first kappa shape index (κ1) is 13.8. The molecule has 0 bridgehead atoms. The molecule has 0 radical (unpaired) electrons. The van der Waals surface area contributed by atoms with Crippen molar-refractivity contribution in [2.24, 2.45) is 5.92 Å². The van der Waals surface area contributed by atoms with Gasteiger partial charge >= 0.3 is 0 Å². The highest BCUT2D eigenvalue weighted by Crippen LogP contribution is 2.29. The third kappa shape index (κ3) is 3.46. The molecule has 0 aliphatic heterocycles. The quantitative estimate of drug-likeness (QED) is 0.845. The Labute approximate surface area is 114 Å². The number of rotatable bonds is 5. The van der Waals surface area contributed by atoms with Gasteiger partial charge in [-0.25, -0.2) is 4.39 Å². The lowest BCUT2D eigenvalue weighted by atomic mass is 9.92. The molecule has 0 spiro atoms. The Balaban J connectivity index is 2.04. The molecule has 1 aliphatic rings. The van der Waals surface area contributed by atoms with Crippen LogP contribution < -0.4 is 5.32 Å². The molecule has 2 rings (SSSR count). The van der Waals surface area contributed by atoms with Crippen LogP contribution in [-0.4, -0.2) is 12.6 Å². The smallest absolute Gasteiger partial charge is 0.142 e. The summed E-state index contributed by atoms with van der Waals surface area (Å²) in [5.74, 6) is 0.430. The lowest BCUT2D eigenvalue weighted by Crippen LogP contribution is -2.36. The minimum absolute atomic E-state index is 0.208. The molecule has 18 heavy (non-hydrogen) atoms. The van der Waals surface area contributed by atoms with Crippen molar-refractivity contribution < 1.29 is 4.39 Å². The Morgan fingerprint density at radius 2 is 2.11 bits per heavy atom. The molecule has 100 valence electrons. The fourth-order valence-corrected chi connectivity index (χ4v) is 3.07. The molecule has 1 saturated carbocycles. The molecular formula is C15H21ClFN. The molecule has 1 N–H and O–H groups in total. The molecule has 0 aromatic heterocycles. The van der Waals surface area contributed by atoms with Gasteiger partial charge < -0.3 is 5.32 Å². The maximum atomic E-state index is 13.4. The Morgan fingerprint density at radius 1 is 1.39 bits per heavy atom. The van der Waals surface area contributed by atoms with Crippen LogP contribution >= 0.6 is 11.6 Å². The summed E-state index contributed by atoms with van der Waals surface area (Å²) in [5.41, 5.74) is 1.04. The highest BCUT2D eigenvalue weighted by molar-refractivity contribution is 6.30. The standard InChI is InChI=1S/C15H21ClFN/c1-2-18-15(12-5-3-4-6-12)10-11-7-8-13(16)14(17)9-11/h7-9,12,15,18H,2-6,10H2,1H3. The second kappa shape index (κ2) is 6.53. The van der Waals surface area contributed by atoms with Gasteiger partial charge in [0.25, 0.3) is 0 Å². The minimum Gasteiger partial charge on any atom is -0.314 e. The second-order valence-electron chi connectivity index (χ2n) is 5.16. The van der Waals surface area contributed by atoms with Crippen molar-refractivity contribution in [3.8, 4) is 0 Å². The van der Waals surface area contributed by atoms with E-state index in [1.54, 1.807) is 12.1 Å². The topological polar surface area (TPSA) is 12.0 Å². The first-order valence-electron chi connectivity index (χ1n) is 6.88. The average Bonchev–Trinajstić information content (AvgIpc) is 2.87. The Bertz CT molecular complexity index is 388. The van der Waals surface area contributed by atoms with E-state index in [1.807, 2.05) is 6.07 Å². The Kier molecular flexibility index (Phi) is 5.02. The summed E-state index contributed by atoms with van der Waals surface area (Å²) in [6.07, 6.45) is 6.16. The number of benzene rings is 1. The summed E-state index contributed by atoms with van der Waals surface area (Å²) in [5, 5.41) is 3.76. The van der Waals surface area contributed by atoms with Crippen LogP contribution in [0, 0.1) is 11.7 Å². The summed E-state index contributed by atoms with van der Waals surface area (Å²) < 4.78 is 13.4. The molecule has 0 amide bonds. The molecule has 1 aromatic rings. The number of hydrogen-bond donors (Lipinski definition) is 1. The van der Waals surface area contributed by atoms with E-state index < -0.39 is 0 Å². The van der Waals surface area contributed by atoms with Crippen LogP contribution in [-0.2, 0) is 6.42 Å². The van der Waals surface area contributed by atoms with Gasteiger partial charge in [-0.3, -0.25) is 0 Å². The first-order chi connectivity index (χ1) is 8.70. The summed E-state index contributed by atoms with van der Waals surface area (Å²) in [6.45, 7) is 3.10. The van der Waals surface area contributed by atoms with Gasteiger partial charge in [0.05, 0.1) is 5.02 Å². The van der Waals surface area contributed by atoms with E-state index >= 15 is 0 Å². The highest BCUT2D eigenvalue weighted by atomic mass is 35.5. The van der Waals surface area contributed by atoms with E-state index in [4.69, 9.17) is 11.6 Å². The van der Waals surface area contributed by atoms with Gasteiger partial charge in [-0.2, -0.15) is 0 Å². The highest BCUT2D eigenvalue weighted by Gasteiger charge is 2.24. The van der Waals surface area contributed by atoms with Gasteiger partial charge in [0, 0.05) is 6.04 Å². The van der Waals surface area contributed by atoms with E-state index in [9.17, 15) is 4.39 Å². The molecule has 1 atom stereocenters. The molecular weight excluding hydrogens is 249 g/mol. The zero-order chi connectivity index (χ0) is 13.0. The summed E-state index contributed by atoms with van der Waals surface area (Å²) >= 11 is 5.71. The van der Waals surface area contributed by atoms with E-state index in [0.717, 1.165) is 24.4 Å². The van der Waals surface area contributed by atoms with Gasteiger partial charge in [0.15, 0.2) is 0 Å². The van der Waals surface area contributed by atoms with E-state index in [1.165, 1.54) is 25.7 Å². The van der Waals surface area contributed by atoms with Crippen LogP contribution in [0.4, 0.5) is 4.39 Å².